The lowest BCUT2D eigenvalue weighted by Gasteiger charge is -2.24. The molecule has 0 amide bonds. The summed E-state index contributed by atoms with van der Waals surface area (Å²) in [6.07, 6.45) is 0. The van der Waals surface area contributed by atoms with E-state index in [0.717, 1.165) is 5.56 Å². The minimum absolute atomic E-state index is 0.329. The molecule has 0 saturated heterocycles. The van der Waals surface area contributed by atoms with Crippen molar-refractivity contribution in [2.24, 2.45) is 5.73 Å². The normalized spacial score (nSPS) is 11.2. The minimum atomic E-state index is -0.757. The summed E-state index contributed by atoms with van der Waals surface area (Å²) >= 11 is 0. The molecule has 3 N–H and O–H groups in total. The van der Waals surface area contributed by atoms with E-state index in [-0.39, 0.29) is 5.41 Å². The van der Waals surface area contributed by atoms with Gasteiger partial charge in [0, 0.05) is 12.0 Å². The number of nitrogens with two attached hydrogens (primary N) is 1. The standard InChI is InChI=1S/C11H15NO3/c1-11(2,7-12)9-6-4-3-5-8(9)10(13)15-14/h3-6,14H,7,12H2,1-2H3. The molecule has 4 heteroatoms. The summed E-state index contributed by atoms with van der Waals surface area (Å²) in [5, 5.41) is 8.37. The molecule has 0 atom stereocenters. The largest absolute Gasteiger partial charge is 0.373 e. The lowest BCUT2D eigenvalue weighted by atomic mass is 9.82. The minimum Gasteiger partial charge on any atom is -0.330 e. The summed E-state index contributed by atoms with van der Waals surface area (Å²) in [5.41, 5.74) is 6.42. The molecule has 0 aliphatic heterocycles. The van der Waals surface area contributed by atoms with E-state index in [9.17, 15) is 4.79 Å². The van der Waals surface area contributed by atoms with Crippen molar-refractivity contribution in [3.8, 4) is 0 Å². The molecule has 0 spiro atoms. The van der Waals surface area contributed by atoms with Crippen molar-refractivity contribution in [3.05, 3.63) is 35.4 Å². The van der Waals surface area contributed by atoms with Crippen LogP contribution in [0.1, 0.15) is 29.8 Å². The first-order chi connectivity index (χ1) is 7.03. The highest BCUT2D eigenvalue weighted by molar-refractivity contribution is 5.91. The van der Waals surface area contributed by atoms with Gasteiger partial charge in [-0.3, -0.25) is 4.89 Å². The Balaban J connectivity index is 3.23. The van der Waals surface area contributed by atoms with Gasteiger partial charge in [-0.2, -0.15) is 5.26 Å². The predicted molar refractivity (Wildman–Crippen MR) is 56.6 cm³/mol. The summed E-state index contributed by atoms with van der Waals surface area (Å²) in [6.45, 7) is 4.26. The van der Waals surface area contributed by atoms with E-state index in [4.69, 9.17) is 11.0 Å². The lowest BCUT2D eigenvalue weighted by Crippen LogP contribution is -2.30. The molecule has 0 unspecified atom stereocenters. The van der Waals surface area contributed by atoms with Crippen molar-refractivity contribution < 1.29 is 14.9 Å². The first-order valence-electron chi connectivity index (χ1n) is 4.68. The van der Waals surface area contributed by atoms with Crippen LogP contribution in [0.2, 0.25) is 0 Å². The zero-order valence-electron chi connectivity index (χ0n) is 8.86. The topological polar surface area (TPSA) is 72.6 Å². The van der Waals surface area contributed by atoms with E-state index in [0.29, 0.717) is 12.1 Å². The highest BCUT2D eigenvalue weighted by Gasteiger charge is 2.25. The van der Waals surface area contributed by atoms with Gasteiger partial charge in [0.1, 0.15) is 0 Å². The van der Waals surface area contributed by atoms with Crippen LogP contribution in [-0.2, 0) is 10.3 Å². The van der Waals surface area contributed by atoms with Gasteiger partial charge in [-0.25, -0.2) is 4.79 Å². The molecule has 0 bridgehead atoms. The highest BCUT2D eigenvalue weighted by Crippen LogP contribution is 2.25. The lowest BCUT2D eigenvalue weighted by molar-refractivity contribution is -0.182. The first-order valence-corrected chi connectivity index (χ1v) is 4.68. The van der Waals surface area contributed by atoms with Gasteiger partial charge in [-0.15, -0.1) is 0 Å². The monoisotopic (exact) mass is 209 g/mol. The fourth-order valence-corrected chi connectivity index (χ4v) is 1.41. The number of rotatable bonds is 3. The Labute approximate surface area is 88.6 Å². The summed E-state index contributed by atoms with van der Waals surface area (Å²) < 4.78 is 0. The molecule has 0 aromatic heterocycles. The molecular weight excluding hydrogens is 194 g/mol. The van der Waals surface area contributed by atoms with E-state index in [1.54, 1.807) is 18.2 Å². The molecule has 0 radical (unpaired) electrons. The molecule has 4 nitrogen and oxygen atoms in total. The van der Waals surface area contributed by atoms with Gasteiger partial charge in [0.25, 0.3) is 0 Å². The second kappa shape index (κ2) is 4.42. The van der Waals surface area contributed by atoms with Crippen LogP contribution < -0.4 is 5.73 Å². The molecule has 0 saturated carbocycles. The zero-order valence-corrected chi connectivity index (χ0v) is 8.86. The average molecular weight is 209 g/mol. The average Bonchev–Trinajstić information content (AvgIpc) is 2.28. The fraction of sp³-hybridized carbons (Fsp3) is 0.364. The van der Waals surface area contributed by atoms with Crippen molar-refractivity contribution in [1.82, 2.24) is 0 Å². The van der Waals surface area contributed by atoms with Gasteiger partial charge in [0.15, 0.2) is 0 Å². The highest BCUT2D eigenvalue weighted by atomic mass is 17.1. The van der Waals surface area contributed by atoms with Gasteiger partial charge < -0.3 is 5.73 Å². The predicted octanol–water partition coefficient (Wildman–Crippen LogP) is 1.55. The van der Waals surface area contributed by atoms with Crippen LogP contribution in [0.3, 0.4) is 0 Å². The van der Waals surface area contributed by atoms with Crippen molar-refractivity contribution >= 4 is 5.97 Å². The zero-order chi connectivity index (χ0) is 11.5. The summed E-state index contributed by atoms with van der Waals surface area (Å²) in [4.78, 5) is 15.0. The number of carbonyl (C=O) groups is 1. The van der Waals surface area contributed by atoms with Crippen LogP contribution in [0.25, 0.3) is 0 Å². The molecule has 15 heavy (non-hydrogen) atoms. The van der Waals surface area contributed by atoms with Crippen molar-refractivity contribution in [1.29, 1.82) is 0 Å². The third-order valence-electron chi connectivity index (χ3n) is 2.47. The van der Waals surface area contributed by atoms with Gasteiger partial charge >= 0.3 is 5.97 Å². The Morgan fingerprint density at radius 1 is 1.47 bits per heavy atom. The molecule has 1 aromatic carbocycles. The first kappa shape index (κ1) is 11.7. The van der Waals surface area contributed by atoms with E-state index >= 15 is 0 Å². The number of hydrogen-bond donors (Lipinski definition) is 2. The van der Waals surface area contributed by atoms with Crippen LogP contribution in [0.15, 0.2) is 24.3 Å². The molecule has 1 rings (SSSR count). The van der Waals surface area contributed by atoms with Crippen LogP contribution in [0.5, 0.6) is 0 Å². The second-order valence-corrected chi connectivity index (χ2v) is 4.01. The van der Waals surface area contributed by atoms with Crippen LogP contribution >= 0.6 is 0 Å². The van der Waals surface area contributed by atoms with Crippen LogP contribution in [0.4, 0.5) is 0 Å². The van der Waals surface area contributed by atoms with Crippen LogP contribution in [0, 0.1) is 0 Å². The summed E-state index contributed by atoms with van der Waals surface area (Å²) in [5.74, 6) is -0.757. The fourth-order valence-electron chi connectivity index (χ4n) is 1.41. The maximum absolute atomic E-state index is 11.3. The Morgan fingerprint density at radius 3 is 2.60 bits per heavy atom. The summed E-state index contributed by atoms with van der Waals surface area (Å²) in [7, 11) is 0. The number of hydrogen-bond acceptors (Lipinski definition) is 4. The number of benzene rings is 1. The molecule has 1 aromatic rings. The van der Waals surface area contributed by atoms with E-state index in [2.05, 4.69) is 4.89 Å². The van der Waals surface area contributed by atoms with E-state index in [1.807, 2.05) is 19.9 Å². The maximum Gasteiger partial charge on any atom is 0.373 e. The van der Waals surface area contributed by atoms with Gasteiger partial charge in [0.2, 0.25) is 0 Å². The van der Waals surface area contributed by atoms with Gasteiger partial charge in [-0.05, 0) is 11.6 Å². The Hall–Kier alpha value is -1.39. The maximum atomic E-state index is 11.3. The molecule has 0 aliphatic carbocycles. The third-order valence-corrected chi connectivity index (χ3v) is 2.47. The van der Waals surface area contributed by atoms with Crippen LogP contribution in [-0.4, -0.2) is 17.8 Å². The molecule has 0 fully saturated rings. The van der Waals surface area contributed by atoms with Crippen molar-refractivity contribution in [2.75, 3.05) is 6.54 Å². The van der Waals surface area contributed by atoms with E-state index in [1.165, 1.54) is 0 Å². The Morgan fingerprint density at radius 2 is 2.07 bits per heavy atom. The van der Waals surface area contributed by atoms with Gasteiger partial charge in [0.05, 0.1) is 5.56 Å². The SMILES string of the molecule is CC(C)(CN)c1ccccc1C(=O)OO. The Kier molecular flexibility index (Phi) is 3.44. The molecule has 0 aliphatic rings. The van der Waals surface area contributed by atoms with Gasteiger partial charge in [-0.1, -0.05) is 32.0 Å². The van der Waals surface area contributed by atoms with Crippen molar-refractivity contribution in [3.63, 3.8) is 0 Å². The smallest absolute Gasteiger partial charge is 0.330 e. The van der Waals surface area contributed by atoms with E-state index < -0.39 is 5.97 Å². The third kappa shape index (κ3) is 2.34. The molecule has 0 heterocycles. The van der Waals surface area contributed by atoms with Crippen molar-refractivity contribution in [2.45, 2.75) is 19.3 Å². The Bertz CT molecular complexity index is 361. The molecular formula is C11H15NO3. The number of carbonyl (C=O) groups excluding carboxylic acids is 1. The quantitative estimate of drug-likeness (QED) is 0.585. The second-order valence-electron chi connectivity index (χ2n) is 4.01. The molecule has 82 valence electrons. The summed E-state index contributed by atoms with van der Waals surface area (Å²) in [6, 6.07) is 6.94.